The minimum absolute atomic E-state index is 0.0597. The molecule has 27 heavy (non-hydrogen) atoms. The molecule has 1 amide bonds. The Kier molecular flexibility index (Phi) is 4.04. The molecule has 1 heterocycles. The van der Waals surface area contributed by atoms with Crippen LogP contribution in [0.3, 0.4) is 0 Å². The normalized spacial score (nSPS) is 29.7. The number of aryl methyl sites for hydroxylation is 1. The van der Waals surface area contributed by atoms with Crippen LogP contribution in [0.25, 0.3) is 0 Å². The first-order chi connectivity index (χ1) is 12.5. The molecule has 148 valence electrons. The summed E-state index contributed by atoms with van der Waals surface area (Å²) in [4.78, 5) is 14.2. The van der Waals surface area contributed by atoms with E-state index < -0.39 is 17.3 Å². The van der Waals surface area contributed by atoms with Crippen LogP contribution in [0.5, 0.6) is 5.75 Å². The molecule has 1 aliphatic heterocycles. The molecule has 2 saturated carbocycles. The highest BCUT2D eigenvalue weighted by molar-refractivity contribution is 5.81. The first-order valence-electron chi connectivity index (χ1n) is 9.32. The van der Waals surface area contributed by atoms with Crippen molar-refractivity contribution in [2.45, 2.75) is 57.4 Å². The molecule has 1 aromatic carbocycles. The minimum Gasteiger partial charge on any atom is -0.490 e. The molecule has 1 N–H and O–H groups in total. The van der Waals surface area contributed by atoms with Gasteiger partial charge in [-0.15, -0.1) is 0 Å². The molecule has 1 saturated heterocycles. The number of hydrogen-bond donors (Lipinski definition) is 1. The van der Waals surface area contributed by atoms with Gasteiger partial charge in [-0.3, -0.25) is 4.79 Å². The molecule has 0 aromatic heterocycles. The summed E-state index contributed by atoms with van der Waals surface area (Å²) in [5.41, 5.74) is -1.12. The van der Waals surface area contributed by atoms with Crippen molar-refractivity contribution < 1.29 is 27.8 Å². The third kappa shape index (κ3) is 3.42. The van der Waals surface area contributed by atoms with Gasteiger partial charge in [0.05, 0.1) is 11.2 Å². The zero-order valence-corrected chi connectivity index (χ0v) is 15.5. The van der Waals surface area contributed by atoms with Crippen LogP contribution in [0.4, 0.5) is 13.2 Å². The van der Waals surface area contributed by atoms with Crippen molar-refractivity contribution in [3.8, 4) is 5.75 Å². The average Bonchev–Trinajstić information content (AvgIpc) is 2.45. The maximum absolute atomic E-state index is 13.0. The number of halogens is 3. The molecule has 0 radical (unpaired) electrons. The predicted octanol–water partition coefficient (Wildman–Crippen LogP) is 3.54. The molecule has 4 nitrogen and oxygen atoms in total. The van der Waals surface area contributed by atoms with Gasteiger partial charge in [0.25, 0.3) is 0 Å². The fourth-order valence-corrected chi connectivity index (χ4v) is 4.77. The second-order valence-electron chi connectivity index (χ2n) is 8.92. The van der Waals surface area contributed by atoms with Gasteiger partial charge < -0.3 is 14.7 Å². The third-order valence-corrected chi connectivity index (χ3v) is 6.22. The van der Waals surface area contributed by atoms with Crippen LogP contribution in [0.15, 0.2) is 18.2 Å². The van der Waals surface area contributed by atoms with Crippen molar-refractivity contribution in [3.63, 3.8) is 0 Å². The Morgan fingerprint density at radius 3 is 2.41 bits per heavy atom. The van der Waals surface area contributed by atoms with Crippen molar-refractivity contribution in [2.24, 2.45) is 11.3 Å². The van der Waals surface area contributed by atoms with E-state index in [1.165, 1.54) is 13.0 Å². The molecule has 0 bridgehead atoms. The average molecular weight is 383 g/mol. The monoisotopic (exact) mass is 383 g/mol. The maximum Gasteiger partial charge on any atom is 0.416 e. The highest BCUT2D eigenvalue weighted by Gasteiger charge is 2.56. The lowest BCUT2D eigenvalue weighted by Crippen LogP contribution is -2.67. The van der Waals surface area contributed by atoms with E-state index in [9.17, 15) is 23.1 Å². The van der Waals surface area contributed by atoms with Gasteiger partial charge >= 0.3 is 6.18 Å². The molecule has 2 aliphatic carbocycles. The predicted molar refractivity (Wildman–Crippen MR) is 92.2 cm³/mol. The Morgan fingerprint density at radius 2 is 1.85 bits per heavy atom. The van der Waals surface area contributed by atoms with Gasteiger partial charge in [0, 0.05) is 24.4 Å². The number of benzene rings is 1. The molecule has 0 atom stereocenters. The van der Waals surface area contributed by atoms with Gasteiger partial charge in [-0.1, -0.05) is 6.07 Å². The lowest BCUT2D eigenvalue weighted by molar-refractivity contribution is -0.174. The summed E-state index contributed by atoms with van der Waals surface area (Å²) in [6.07, 6.45) is -1.92. The molecule has 7 heteroatoms. The van der Waals surface area contributed by atoms with Crippen LogP contribution < -0.4 is 4.74 Å². The topological polar surface area (TPSA) is 49.8 Å². The number of alkyl halides is 3. The van der Waals surface area contributed by atoms with E-state index in [4.69, 9.17) is 4.74 Å². The smallest absolute Gasteiger partial charge is 0.416 e. The second kappa shape index (κ2) is 5.87. The minimum atomic E-state index is -4.38. The summed E-state index contributed by atoms with van der Waals surface area (Å²) >= 11 is 0. The van der Waals surface area contributed by atoms with Crippen molar-refractivity contribution >= 4 is 5.91 Å². The first-order valence-corrected chi connectivity index (χ1v) is 9.32. The number of ether oxygens (including phenoxy) is 1. The number of aliphatic hydroxyl groups is 1. The number of carbonyl (C=O) groups is 1. The number of likely N-dealkylation sites (tertiary alicyclic amines) is 1. The van der Waals surface area contributed by atoms with Gasteiger partial charge in [0.2, 0.25) is 5.91 Å². The number of carbonyl (C=O) groups excluding carboxylic acids is 1. The number of rotatable bonds is 3. The fraction of sp³-hybridized carbons (Fsp3) is 0.650. The first kappa shape index (κ1) is 18.6. The lowest BCUT2D eigenvalue weighted by Gasteiger charge is -2.59. The second-order valence-corrected chi connectivity index (χ2v) is 8.92. The fourth-order valence-electron chi connectivity index (χ4n) is 4.77. The Labute approximate surface area is 156 Å². The number of nitrogens with zero attached hydrogens (tertiary/aromatic N) is 1. The van der Waals surface area contributed by atoms with Gasteiger partial charge in [-0.25, -0.2) is 0 Å². The maximum atomic E-state index is 13.0. The van der Waals surface area contributed by atoms with Crippen LogP contribution in [0, 0.1) is 18.3 Å². The lowest BCUT2D eigenvalue weighted by atomic mass is 9.61. The number of amides is 1. The summed E-state index contributed by atoms with van der Waals surface area (Å²) in [5, 5.41) is 9.77. The van der Waals surface area contributed by atoms with Gasteiger partial charge in [-0.2, -0.15) is 13.2 Å². The van der Waals surface area contributed by atoms with E-state index in [2.05, 4.69) is 0 Å². The summed E-state index contributed by atoms with van der Waals surface area (Å²) in [6, 6.07) is 4.08. The van der Waals surface area contributed by atoms with Crippen LogP contribution >= 0.6 is 0 Å². The highest BCUT2D eigenvalue weighted by Crippen LogP contribution is 2.51. The molecule has 1 spiro atoms. The van der Waals surface area contributed by atoms with E-state index in [0.29, 0.717) is 25.9 Å². The van der Waals surface area contributed by atoms with Gasteiger partial charge in [0.1, 0.15) is 11.9 Å². The summed E-state index contributed by atoms with van der Waals surface area (Å²) in [5.74, 6) is 0.291. The number of hydrogen-bond acceptors (Lipinski definition) is 3. The van der Waals surface area contributed by atoms with Crippen molar-refractivity contribution in [1.29, 1.82) is 0 Å². The van der Waals surface area contributed by atoms with Crippen molar-refractivity contribution in [3.05, 3.63) is 29.3 Å². The summed E-state index contributed by atoms with van der Waals surface area (Å²) in [7, 11) is 0. The molecular formula is C20H24F3NO3. The molecule has 3 fully saturated rings. The molecule has 0 unspecified atom stereocenters. The van der Waals surface area contributed by atoms with Crippen LogP contribution in [0.2, 0.25) is 0 Å². The van der Waals surface area contributed by atoms with Crippen molar-refractivity contribution in [1.82, 2.24) is 4.90 Å². The molecule has 4 rings (SSSR count). The Morgan fingerprint density at radius 1 is 1.22 bits per heavy atom. The standard InChI is InChI=1S/C20H24F3NO3/c1-12-3-4-14(5-16(12)20(21,22)23)27-15-8-19(9-15)10-24(11-19)17(25)13-6-18(2,26)7-13/h3-5,13,15,26H,6-11H2,1-2H3. The van der Waals surface area contributed by atoms with E-state index in [-0.39, 0.29) is 34.7 Å². The molecular weight excluding hydrogens is 359 g/mol. The van der Waals surface area contributed by atoms with E-state index in [1.54, 1.807) is 13.0 Å². The largest absolute Gasteiger partial charge is 0.490 e. The van der Waals surface area contributed by atoms with Crippen LogP contribution in [-0.2, 0) is 11.0 Å². The van der Waals surface area contributed by atoms with Crippen LogP contribution in [-0.4, -0.2) is 40.7 Å². The van der Waals surface area contributed by atoms with Gasteiger partial charge in [-0.05, 0) is 57.2 Å². The molecule has 3 aliphatic rings. The summed E-state index contributed by atoms with van der Waals surface area (Å²) < 4.78 is 44.8. The Hall–Kier alpha value is -1.76. The highest BCUT2D eigenvalue weighted by atomic mass is 19.4. The van der Waals surface area contributed by atoms with E-state index >= 15 is 0 Å². The van der Waals surface area contributed by atoms with Crippen LogP contribution in [0.1, 0.15) is 43.7 Å². The van der Waals surface area contributed by atoms with Gasteiger partial charge in [0.15, 0.2) is 0 Å². The molecule has 1 aromatic rings. The zero-order chi connectivity index (χ0) is 19.6. The zero-order valence-electron chi connectivity index (χ0n) is 15.5. The Bertz CT molecular complexity index is 752. The van der Waals surface area contributed by atoms with Crippen molar-refractivity contribution in [2.75, 3.05) is 13.1 Å². The SMILES string of the molecule is Cc1ccc(OC2CC3(C2)CN(C(=O)C2CC(C)(O)C2)C3)cc1C(F)(F)F. The quantitative estimate of drug-likeness (QED) is 0.869. The Balaban J connectivity index is 1.27. The van der Waals surface area contributed by atoms with E-state index in [1.807, 2.05) is 4.90 Å². The van der Waals surface area contributed by atoms with E-state index in [0.717, 1.165) is 18.9 Å². The third-order valence-electron chi connectivity index (χ3n) is 6.22. The summed E-state index contributed by atoms with van der Waals surface area (Å²) in [6.45, 7) is 4.56.